The molecule has 1 unspecified atom stereocenters. The first-order valence-electron chi connectivity index (χ1n) is 3.50. The Labute approximate surface area is 75.9 Å². The number of nitrogens with zero attached hydrogens (tertiary/aromatic N) is 2. The van der Waals surface area contributed by atoms with Crippen LogP contribution >= 0.6 is 11.6 Å². The topological polar surface area (TPSA) is 60.2 Å². The van der Waals surface area contributed by atoms with Gasteiger partial charge in [0.15, 0.2) is 0 Å². The van der Waals surface area contributed by atoms with Gasteiger partial charge in [-0.05, 0) is 12.5 Å². The summed E-state index contributed by atoms with van der Waals surface area (Å²) >= 11 is 5.77. The van der Waals surface area contributed by atoms with E-state index in [0.717, 1.165) is 5.57 Å². The smallest absolute Gasteiger partial charge is 0.123 e. The van der Waals surface area contributed by atoms with E-state index in [4.69, 9.17) is 16.9 Å². The van der Waals surface area contributed by atoms with E-state index in [0.29, 0.717) is 11.8 Å². The summed E-state index contributed by atoms with van der Waals surface area (Å²) in [5, 5.41) is 9.08. The number of nitriles is 1. The lowest BCUT2D eigenvalue weighted by Crippen LogP contribution is -2.30. The lowest BCUT2D eigenvalue weighted by atomic mass is 10.0. The number of hydrazine groups is 1. The molecule has 0 aromatic rings. The Bertz CT molecular complexity index is 243. The Hall–Kier alpha value is -1.05. The third-order valence-electron chi connectivity index (χ3n) is 1.53. The first kappa shape index (κ1) is 9.04. The van der Waals surface area contributed by atoms with Gasteiger partial charge in [0, 0.05) is 6.20 Å². The van der Waals surface area contributed by atoms with Crippen molar-refractivity contribution in [1.82, 2.24) is 10.9 Å². The molecule has 64 valence electrons. The van der Waals surface area contributed by atoms with Gasteiger partial charge in [0.1, 0.15) is 17.8 Å². The van der Waals surface area contributed by atoms with Crippen LogP contribution in [0.4, 0.5) is 0 Å². The number of halogens is 1. The van der Waals surface area contributed by atoms with Gasteiger partial charge in [-0.25, -0.2) is 5.43 Å². The molecule has 0 aromatic carbocycles. The maximum Gasteiger partial charge on any atom is 0.123 e. The molecule has 5 heteroatoms. The second kappa shape index (κ2) is 4.10. The molecule has 0 spiro atoms. The Morgan fingerprint density at radius 2 is 2.58 bits per heavy atom. The highest BCUT2D eigenvalue weighted by Crippen LogP contribution is 2.14. The molecule has 1 aliphatic rings. The molecule has 1 rings (SSSR count). The second-order valence-corrected chi connectivity index (χ2v) is 2.80. The van der Waals surface area contributed by atoms with Crippen molar-refractivity contribution in [2.75, 3.05) is 6.67 Å². The molecule has 0 fully saturated rings. The molecule has 0 radical (unpaired) electrons. The molecular formula is C7H9ClN4. The predicted molar refractivity (Wildman–Crippen MR) is 47.3 cm³/mol. The first-order chi connectivity index (χ1) is 5.75. The molecule has 0 aliphatic carbocycles. The number of aliphatic imine (C=N–C) groups is 1. The van der Waals surface area contributed by atoms with Gasteiger partial charge in [0.05, 0.1) is 6.07 Å². The van der Waals surface area contributed by atoms with Gasteiger partial charge in [0.25, 0.3) is 0 Å². The maximum absolute atomic E-state index is 8.74. The van der Waals surface area contributed by atoms with E-state index in [9.17, 15) is 0 Å². The lowest BCUT2D eigenvalue weighted by molar-refractivity contribution is 0.629. The average molecular weight is 185 g/mol. The van der Waals surface area contributed by atoms with Crippen LogP contribution in [-0.4, -0.2) is 11.8 Å². The van der Waals surface area contributed by atoms with E-state index < -0.39 is 5.92 Å². The number of hydrogen-bond donors (Lipinski definition) is 2. The summed E-state index contributed by atoms with van der Waals surface area (Å²) in [6.07, 6.45) is 1.71. The zero-order valence-corrected chi connectivity index (χ0v) is 7.39. The highest BCUT2D eigenvalue weighted by atomic mass is 35.5. The summed E-state index contributed by atoms with van der Waals surface area (Å²) in [5.41, 5.74) is 6.42. The third-order valence-corrected chi connectivity index (χ3v) is 1.87. The Balaban J connectivity index is 2.88. The molecule has 1 atom stereocenters. The molecule has 0 saturated carbocycles. The van der Waals surface area contributed by atoms with Crippen molar-refractivity contribution >= 4 is 16.8 Å². The highest BCUT2D eigenvalue weighted by molar-refractivity contribution is 6.66. The normalized spacial score (nSPS) is 23.9. The summed E-state index contributed by atoms with van der Waals surface area (Å²) in [6.45, 7) is 2.20. The minimum Gasteiger partial charge on any atom is -0.327 e. The van der Waals surface area contributed by atoms with Crippen molar-refractivity contribution in [2.45, 2.75) is 6.92 Å². The second-order valence-electron chi connectivity index (χ2n) is 2.41. The molecule has 0 aromatic heterocycles. The fourth-order valence-corrected chi connectivity index (χ4v) is 1.12. The van der Waals surface area contributed by atoms with Crippen LogP contribution < -0.4 is 10.9 Å². The van der Waals surface area contributed by atoms with Gasteiger partial charge in [-0.1, -0.05) is 11.6 Å². The minimum atomic E-state index is -0.415. The summed E-state index contributed by atoms with van der Waals surface area (Å²) in [6, 6.07) is 2.07. The van der Waals surface area contributed by atoms with Crippen molar-refractivity contribution in [3.8, 4) is 6.07 Å². The summed E-state index contributed by atoms with van der Waals surface area (Å²) in [4.78, 5) is 3.93. The van der Waals surface area contributed by atoms with Gasteiger partial charge < -0.3 is 5.43 Å². The van der Waals surface area contributed by atoms with Gasteiger partial charge in [-0.15, -0.1) is 0 Å². The maximum atomic E-state index is 8.74. The van der Waals surface area contributed by atoms with Crippen LogP contribution in [0, 0.1) is 17.2 Å². The lowest BCUT2D eigenvalue weighted by Gasteiger charge is -2.12. The van der Waals surface area contributed by atoms with Gasteiger partial charge in [0.2, 0.25) is 0 Å². The van der Waals surface area contributed by atoms with Gasteiger partial charge in [-0.3, -0.25) is 4.99 Å². The third kappa shape index (κ3) is 1.97. The number of hydrogen-bond acceptors (Lipinski definition) is 4. The van der Waals surface area contributed by atoms with Crippen LogP contribution in [0.1, 0.15) is 6.92 Å². The molecule has 4 nitrogen and oxygen atoms in total. The predicted octanol–water partition coefficient (Wildman–Crippen LogP) is 0.733. The molecule has 0 bridgehead atoms. The van der Waals surface area contributed by atoms with E-state index in [2.05, 4.69) is 21.9 Å². The standard InChI is InChI=1S/C7H9ClN4/c1-5-3-11-12-4-10-7(8)6(5)2-9/h3,6,11-12H,4H2,1H3. The Morgan fingerprint density at radius 3 is 3.25 bits per heavy atom. The minimum absolute atomic E-state index is 0.334. The zero-order chi connectivity index (χ0) is 8.97. The number of rotatable bonds is 0. The Morgan fingerprint density at radius 1 is 1.83 bits per heavy atom. The number of nitrogens with one attached hydrogen (secondary N) is 2. The van der Waals surface area contributed by atoms with Crippen molar-refractivity contribution in [3.63, 3.8) is 0 Å². The fraction of sp³-hybridized carbons (Fsp3) is 0.429. The fourth-order valence-electron chi connectivity index (χ4n) is 0.843. The molecule has 1 heterocycles. The van der Waals surface area contributed by atoms with Crippen LogP contribution in [-0.2, 0) is 0 Å². The SMILES string of the molecule is CC1=CNNCN=C(Cl)C1C#N. The summed E-state index contributed by atoms with van der Waals surface area (Å²) < 4.78 is 0. The number of allylic oxidation sites excluding steroid dienone is 1. The molecule has 0 saturated heterocycles. The van der Waals surface area contributed by atoms with Crippen molar-refractivity contribution < 1.29 is 0 Å². The van der Waals surface area contributed by atoms with Crippen LogP contribution in [0.5, 0.6) is 0 Å². The van der Waals surface area contributed by atoms with E-state index in [1.165, 1.54) is 0 Å². The van der Waals surface area contributed by atoms with Crippen LogP contribution in [0.25, 0.3) is 0 Å². The summed E-state index contributed by atoms with van der Waals surface area (Å²) in [7, 11) is 0. The molecular weight excluding hydrogens is 176 g/mol. The van der Waals surface area contributed by atoms with Crippen LogP contribution in [0.15, 0.2) is 16.8 Å². The molecule has 0 amide bonds. The van der Waals surface area contributed by atoms with E-state index in [1.54, 1.807) is 6.20 Å². The zero-order valence-electron chi connectivity index (χ0n) is 6.63. The van der Waals surface area contributed by atoms with Crippen molar-refractivity contribution in [1.29, 1.82) is 5.26 Å². The van der Waals surface area contributed by atoms with E-state index in [-0.39, 0.29) is 0 Å². The highest BCUT2D eigenvalue weighted by Gasteiger charge is 2.16. The monoisotopic (exact) mass is 184 g/mol. The van der Waals surface area contributed by atoms with Crippen molar-refractivity contribution in [2.24, 2.45) is 10.9 Å². The van der Waals surface area contributed by atoms with Gasteiger partial charge >= 0.3 is 0 Å². The molecule has 2 N–H and O–H groups in total. The molecule has 1 aliphatic heterocycles. The van der Waals surface area contributed by atoms with Crippen LogP contribution in [0.3, 0.4) is 0 Å². The average Bonchev–Trinajstić information content (AvgIpc) is 2.02. The van der Waals surface area contributed by atoms with Crippen LogP contribution in [0.2, 0.25) is 0 Å². The summed E-state index contributed by atoms with van der Waals surface area (Å²) in [5.74, 6) is -0.415. The largest absolute Gasteiger partial charge is 0.327 e. The molecule has 12 heavy (non-hydrogen) atoms. The van der Waals surface area contributed by atoms with E-state index >= 15 is 0 Å². The van der Waals surface area contributed by atoms with Gasteiger partial charge in [-0.2, -0.15) is 5.26 Å². The quantitative estimate of drug-likeness (QED) is 0.584. The first-order valence-corrected chi connectivity index (χ1v) is 3.88. The van der Waals surface area contributed by atoms with Crippen molar-refractivity contribution in [3.05, 3.63) is 11.8 Å². The Kier molecular flexibility index (Phi) is 3.09. The van der Waals surface area contributed by atoms with E-state index in [1.807, 2.05) is 6.92 Å².